The lowest BCUT2D eigenvalue weighted by molar-refractivity contribution is 0.0342. The summed E-state index contributed by atoms with van der Waals surface area (Å²) >= 11 is 0. The fraction of sp³-hybridized carbons (Fsp3) is 0.360. The fourth-order valence-electron chi connectivity index (χ4n) is 4.07. The molecule has 168 valence electrons. The van der Waals surface area contributed by atoms with E-state index in [4.69, 9.17) is 9.47 Å². The van der Waals surface area contributed by atoms with Crippen molar-refractivity contribution in [1.82, 2.24) is 14.8 Å². The molecule has 0 atom stereocenters. The first-order valence-electron chi connectivity index (χ1n) is 10.8. The first-order chi connectivity index (χ1) is 15.5. The number of nitrogens with one attached hydrogen (secondary N) is 1. The Morgan fingerprint density at radius 3 is 2.53 bits per heavy atom. The SMILES string of the molecule is COc1cc(CN2CCOCC2)cc2c(=O)c(C(=O)NCc3ccc(C)cc3)cn(C)c12. The second kappa shape index (κ2) is 9.54. The molecule has 2 aromatic carbocycles. The van der Waals surface area contributed by atoms with Gasteiger partial charge in [0.15, 0.2) is 0 Å². The van der Waals surface area contributed by atoms with E-state index in [1.165, 1.54) is 0 Å². The van der Waals surface area contributed by atoms with Crippen LogP contribution in [0.4, 0.5) is 0 Å². The van der Waals surface area contributed by atoms with Crippen molar-refractivity contribution in [2.24, 2.45) is 7.05 Å². The molecule has 7 heteroatoms. The molecule has 0 spiro atoms. The second-order valence-corrected chi connectivity index (χ2v) is 8.23. The van der Waals surface area contributed by atoms with Crippen molar-refractivity contribution in [2.45, 2.75) is 20.0 Å². The van der Waals surface area contributed by atoms with Gasteiger partial charge in [0.1, 0.15) is 11.3 Å². The van der Waals surface area contributed by atoms with Gasteiger partial charge in [-0.1, -0.05) is 29.8 Å². The molecule has 2 heterocycles. The molecule has 3 aromatic rings. The zero-order valence-corrected chi connectivity index (χ0v) is 18.8. The fourth-order valence-corrected chi connectivity index (χ4v) is 4.07. The van der Waals surface area contributed by atoms with Crippen LogP contribution in [0, 0.1) is 6.92 Å². The first kappa shape index (κ1) is 22.0. The number of nitrogens with zero attached hydrogens (tertiary/aromatic N) is 2. The summed E-state index contributed by atoms with van der Waals surface area (Å²) in [5.41, 5.74) is 3.63. The summed E-state index contributed by atoms with van der Waals surface area (Å²) < 4.78 is 12.8. The van der Waals surface area contributed by atoms with Crippen LogP contribution in [0.3, 0.4) is 0 Å². The van der Waals surface area contributed by atoms with Crippen LogP contribution >= 0.6 is 0 Å². The van der Waals surface area contributed by atoms with Gasteiger partial charge in [-0.2, -0.15) is 0 Å². The van der Waals surface area contributed by atoms with E-state index in [2.05, 4.69) is 10.2 Å². The maximum Gasteiger partial charge on any atom is 0.257 e. The van der Waals surface area contributed by atoms with Crippen LogP contribution < -0.4 is 15.5 Å². The van der Waals surface area contributed by atoms with Crippen LogP contribution in [-0.4, -0.2) is 48.8 Å². The molecule has 0 saturated carbocycles. The van der Waals surface area contributed by atoms with Gasteiger partial charge < -0.3 is 19.4 Å². The monoisotopic (exact) mass is 435 g/mol. The Balaban J connectivity index is 1.65. The summed E-state index contributed by atoms with van der Waals surface area (Å²) in [4.78, 5) is 28.5. The van der Waals surface area contributed by atoms with Crippen molar-refractivity contribution in [3.8, 4) is 5.75 Å². The Morgan fingerprint density at radius 1 is 1.12 bits per heavy atom. The van der Waals surface area contributed by atoms with Crippen molar-refractivity contribution in [3.63, 3.8) is 0 Å². The Morgan fingerprint density at radius 2 is 1.84 bits per heavy atom. The summed E-state index contributed by atoms with van der Waals surface area (Å²) in [6.07, 6.45) is 1.58. The summed E-state index contributed by atoms with van der Waals surface area (Å²) in [7, 11) is 3.42. The van der Waals surface area contributed by atoms with Gasteiger partial charge in [-0.3, -0.25) is 14.5 Å². The van der Waals surface area contributed by atoms with Crippen molar-refractivity contribution >= 4 is 16.8 Å². The van der Waals surface area contributed by atoms with Gasteiger partial charge in [-0.25, -0.2) is 0 Å². The average molecular weight is 436 g/mol. The standard InChI is InChI=1S/C25H29N3O4/c1-17-4-6-18(7-5-17)14-26-25(30)21-16-27(2)23-20(24(21)29)12-19(13-22(23)31-3)15-28-8-10-32-11-9-28/h4-7,12-13,16H,8-11,14-15H2,1-3H3,(H,26,30). The predicted molar refractivity (Wildman–Crippen MR) is 124 cm³/mol. The predicted octanol–water partition coefficient (Wildman–Crippen LogP) is 2.62. The van der Waals surface area contributed by atoms with E-state index in [9.17, 15) is 9.59 Å². The lowest BCUT2D eigenvalue weighted by atomic mass is 10.1. The number of carbonyl (C=O) groups is 1. The minimum Gasteiger partial charge on any atom is -0.495 e. The van der Waals surface area contributed by atoms with E-state index in [1.54, 1.807) is 17.9 Å². The third kappa shape index (κ3) is 4.69. The van der Waals surface area contributed by atoms with Crippen LogP contribution in [-0.2, 0) is 24.9 Å². The van der Waals surface area contributed by atoms with Gasteiger partial charge in [0, 0.05) is 39.4 Å². The highest BCUT2D eigenvalue weighted by atomic mass is 16.5. The summed E-state index contributed by atoms with van der Waals surface area (Å²) in [6, 6.07) is 11.8. The molecule has 0 radical (unpaired) electrons. The van der Waals surface area contributed by atoms with Gasteiger partial charge in [0.25, 0.3) is 5.91 Å². The number of pyridine rings is 1. The highest BCUT2D eigenvalue weighted by Crippen LogP contribution is 2.26. The number of hydrogen-bond donors (Lipinski definition) is 1. The number of morpholine rings is 1. The van der Waals surface area contributed by atoms with E-state index in [0.717, 1.165) is 29.8 Å². The van der Waals surface area contributed by atoms with Gasteiger partial charge in [-0.05, 0) is 30.2 Å². The number of methoxy groups -OCH3 is 1. The molecule has 0 bridgehead atoms. The molecular weight excluding hydrogens is 406 g/mol. The van der Waals surface area contributed by atoms with Crippen LogP contribution in [0.5, 0.6) is 5.75 Å². The maximum absolute atomic E-state index is 13.3. The second-order valence-electron chi connectivity index (χ2n) is 8.23. The van der Waals surface area contributed by atoms with Crippen molar-refractivity contribution < 1.29 is 14.3 Å². The topological polar surface area (TPSA) is 72.8 Å². The van der Waals surface area contributed by atoms with Crippen LogP contribution in [0.1, 0.15) is 27.0 Å². The number of carbonyl (C=O) groups excluding carboxylic acids is 1. The third-order valence-corrected chi connectivity index (χ3v) is 5.85. The number of ether oxygens (including phenoxy) is 2. The number of hydrogen-bond acceptors (Lipinski definition) is 5. The maximum atomic E-state index is 13.3. The third-order valence-electron chi connectivity index (χ3n) is 5.85. The van der Waals surface area contributed by atoms with Gasteiger partial charge >= 0.3 is 0 Å². The minimum absolute atomic E-state index is 0.123. The largest absolute Gasteiger partial charge is 0.495 e. The smallest absolute Gasteiger partial charge is 0.257 e. The lowest BCUT2D eigenvalue weighted by Gasteiger charge is -2.27. The molecule has 1 amide bonds. The molecule has 1 aliphatic heterocycles. The average Bonchev–Trinajstić information content (AvgIpc) is 2.81. The van der Waals surface area contributed by atoms with Crippen molar-refractivity contribution in [2.75, 3.05) is 33.4 Å². The highest BCUT2D eigenvalue weighted by molar-refractivity contribution is 5.98. The summed E-state index contributed by atoms with van der Waals surface area (Å²) in [6.45, 7) is 6.18. The Labute approximate surface area is 187 Å². The van der Waals surface area contributed by atoms with E-state index in [-0.39, 0.29) is 16.9 Å². The molecule has 0 aliphatic carbocycles. The normalized spacial score (nSPS) is 14.5. The number of rotatable bonds is 6. The van der Waals surface area contributed by atoms with E-state index in [1.807, 2.05) is 50.4 Å². The number of amides is 1. The molecule has 1 saturated heterocycles. The van der Waals surface area contributed by atoms with Crippen LogP contribution in [0.25, 0.3) is 10.9 Å². The number of aryl methyl sites for hydroxylation is 2. The molecule has 0 unspecified atom stereocenters. The zero-order chi connectivity index (χ0) is 22.7. The molecule has 4 rings (SSSR count). The van der Waals surface area contributed by atoms with Crippen LogP contribution in [0.2, 0.25) is 0 Å². The Bertz CT molecular complexity index is 1180. The van der Waals surface area contributed by atoms with Crippen molar-refractivity contribution in [3.05, 3.63) is 75.1 Å². The Hall–Kier alpha value is -3.16. The quantitative estimate of drug-likeness (QED) is 0.645. The first-order valence-corrected chi connectivity index (χ1v) is 10.8. The minimum atomic E-state index is -0.384. The molecular formula is C25H29N3O4. The number of fused-ring (bicyclic) bond motifs is 1. The lowest BCUT2D eigenvalue weighted by Crippen LogP contribution is -2.35. The molecule has 1 aromatic heterocycles. The molecule has 1 aliphatic rings. The highest BCUT2D eigenvalue weighted by Gasteiger charge is 2.19. The molecule has 1 fully saturated rings. The van der Waals surface area contributed by atoms with E-state index in [0.29, 0.717) is 43.0 Å². The summed E-state index contributed by atoms with van der Waals surface area (Å²) in [5.74, 6) is 0.239. The molecule has 1 N–H and O–H groups in total. The number of aromatic nitrogens is 1. The van der Waals surface area contributed by atoms with Crippen LogP contribution in [0.15, 0.2) is 47.4 Å². The molecule has 32 heavy (non-hydrogen) atoms. The van der Waals surface area contributed by atoms with E-state index < -0.39 is 0 Å². The van der Waals surface area contributed by atoms with E-state index >= 15 is 0 Å². The summed E-state index contributed by atoms with van der Waals surface area (Å²) in [5, 5.41) is 3.36. The molecule has 7 nitrogen and oxygen atoms in total. The van der Waals surface area contributed by atoms with Crippen molar-refractivity contribution in [1.29, 1.82) is 0 Å². The number of benzene rings is 2. The van der Waals surface area contributed by atoms with Gasteiger partial charge in [-0.15, -0.1) is 0 Å². The zero-order valence-electron chi connectivity index (χ0n) is 18.8. The Kier molecular flexibility index (Phi) is 6.58. The van der Waals surface area contributed by atoms with Gasteiger partial charge in [0.05, 0.1) is 31.2 Å². The van der Waals surface area contributed by atoms with Gasteiger partial charge in [0.2, 0.25) is 5.43 Å².